The number of benzene rings is 2. The van der Waals surface area contributed by atoms with Gasteiger partial charge in [0.15, 0.2) is 11.6 Å². The van der Waals surface area contributed by atoms with Crippen molar-refractivity contribution < 1.29 is 13.5 Å². The van der Waals surface area contributed by atoms with Crippen LogP contribution in [0.15, 0.2) is 41.3 Å². The molecule has 2 N–H and O–H groups in total. The zero-order valence-corrected chi connectivity index (χ0v) is 11.4. The Labute approximate surface area is 119 Å². The second kappa shape index (κ2) is 5.32. The molecule has 1 aliphatic rings. The molecule has 1 heterocycles. The molecule has 0 fully saturated rings. The molecule has 0 radical (unpaired) electrons. The number of nitrogens with two attached hydrogens (primary N) is 1. The smallest absolute Gasteiger partial charge is 0.167 e. The summed E-state index contributed by atoms with van der Waals surface area (Å²) in [7, 11) is 0. The van der Waals surface area contributed by atoms with Gasteiger partial charge in [-0.2, -0.15) is 0 Å². The molecular formula is C15H13F2NOS. The van der Waals surface area contributed by atoms with Crippen molar-refractivity contribution in [3.05, 3.63) is 53.6 Å². The van der Waals surface area contributed by atoms with Gasteiger partial charge in [0.05, 0.1) is 5.69 Å². The molecule has 0 bridgehead atoms. The van der Waals surface area contributed by atoms with Gasteiger partial charge in [-0.05, 0) is 18.1 Å². The number of anilines is 1. The molecule has 1 aliphatic heterocycles. The highest BCUT2D eigenvalue weighted by Crippen LogP contribution is 2.37. The van der Waals surface area contributed by atoms with E-state index in [2.05, 4.69) is 12.1 Å². The van der Waals surface area contributed by atoms with Crippen molar-refractivity contribution in [2.75, 3.05) is 12.3 Å². The molecule has 0 aliphatic carbocycles. The topological polar surface area (TPSA) is 35.2 Å². The fourth-order valence-corrected chi connectivity index (χ4v) is 3.40. The lowest BCUT2D eigenvalue weighted by Gasteiger charge is -2.12. The number of nitrogen functional groups attached to an aromatic ring is 1. The van der Waals surface area contributed by atoms with E-state index in [-0.39, 0.29) is 16.7 Å². The van der Waals surface area contributed by atoms with Gasteiger partial charge in [-0.1, -0.05) is 18.2 Å². The molecule has 0 spiro atoms. The first kappa shape index (κ1) is 13.2. The van der Waals surface area contributed by atoms with Gasteiger partial charge in [0, 0.05) is 22.3 Å². The van der Waals surface area contributed by atoms with Gasteiger partial charge >= 0.3 is 0 Å². The Kier molecular flexibility index (Phi) is 3.53. The highest BCUT2D eigenvalue weighted by atomic mass is 32.2. The molecule has 0 saturated heterocycles. The predicted octanol–water partition coefficient (Wildman–Crippen LogP) is 3.64. The predicted molar refractivity (Wildman–Crippen MR) is 76.1 cm³/mol. The number of thioether (sulfide) groups is 1. The van der Waals surface area contributed by atoms with Crippen molar-refractivity contribution in [1.82, 2.24) is 0 Å². The normalized spacial score (nSPS) is 17.0. The van der Waals surface area contributed by atoms with Gasteiger partial charge in [-0.15, -0.1) is 11.8 Å². The molecule has 1 atom stereocenters. The van der Waals surface area contributed by atoms with E-state index < -0.39 is 11.6 Å². The van der Waals surface area contributed by atoms with E-state index in [0.717, 1.165) is 18.6 Å². The summed E-state index contributed by atoms with van der Waals surface area (Å²) < 4.78 is 32.3. The summed E-state index contributed by atoms with van der Waals surface area (Å²) in [6.45, 7) is 0.333. The standard InChI is InChI=1S/C15H13F2NOS/c16-11-7-14(12(17)6-13(11)18)19-8-10-5-9-3-1-2-4-15(9)20-10/h1-4,6-7,10H,5,8,18H2. The van der Waals surface area contributed by atoms with Crippen molar-refractivity contribution >= 4 is 17.4 Å². The third-order valence-electron chi connectivity index (χ3n) is 3.19. The van der Waals surface area contributed by atoms with Crippen LogP contribution in [-0.4, -0.2) is 11.9 Å². The fourth-order valence-electron chi connectivity index (χ4n) is 2.18. The number of halogens is 2. The van der Waals surface area contributed by atoms with Crippen LogP contribution in [0.4, 0.5) is 14.5 Å². The Balaban J connectivity index is 1.66. The maximum absolute atomic E-state index is 13.6. The van der Waals surface area contributed by atoms with Crippen molar-refractivity contribution in [1.29, 1.82) is 0 Å². The van der Waals surface area contributed by atoms with Crippen LogP contribution in [0.5, 0.6) is 5.75 Å². The number of hydrogen-bond acceptors (Lipinski definition) is 3. The largest absolute Gasteiger partial charge is 0.489 e. The number of fused-ring (bicyclic) bond motifs is 1. The van der Waals surface area contributed by atoms with Crippen LogP contribution in [0.2, 0.25) is 0 Å². The molecule has 2 aromatic rings. The van der Waals surface area contributed by atoms with E-state index in [9.17, 15) is 8.78 Å². The lowest BCUT2D eigenvalue weighted by atomic mass is 10.1. The molecular weight excluding hydrogens is 280 g/mol. The van der Waals surface area contributed by atoms with Crippen LogP contribution in [-0.2, 0) is 6.42 Å². The Bertz CT molecular complexity index is 623. The minimum Gasteiger partial charge on any atom is -0.489 e. The molecule has 0 amide bonds. The van der Waals surface area contributed by atoms with Crippen LogP contribution in [0.1, 0.15) is 5.56 Å². The first-order valence-corrected chi connectivity index (χ1v) is 7.13. The maximum Gasteiger partial charge on any atom is 0.167 e. The molecule has 0 aromatic heterocycles. The highest BCUT2D eigenvalue weighted by molar-refractivity contribution is 8.00. The molecule has 2 nitrogen and oxygen atoms in total. The Morgan fingerprint density at radius 1 is 1.20 bits per heavy atom. The van der Waals surface area contributed by atoms with Crippen LogP contribution in [0.25, 0.3) is 0 Å². The van der Waals surface area contributed by atoms with Gasteiger partial charge in [0.1, 0.15) is 12.4 Å². The number of ether oxygens (including phenoxy) is 1. The third kappa shape index (κ3) is 2.58. The van der Waals surface area contributed by atoms with E-state index in [1.165, 1.54) is 10.5 Å². The molecule has 20 heavy (non-hydrogen) atoms. The maximum atomic E-state index is 13.6. The van der Waals surface area contributed by atoms with Crippen LogP contribution in [0.3, 0.4) is 0 Å². The summed E-state index contributed by atoms with van der Waals surface area (Å²) >= 11 is 1.70. The summed E-state index contributed by atoms with van der Waals surface area (Å²) in [5.74, 6) is -1.39. The zero-order chi connectivity index (χ0) is 14.1. The van der Waals surface area contributed by atoms with Gasteiger partial charge in [-0.25, -0.2) is 8.78 Å². The molecule has 0 saturated carbocycles. The van der Waals surface area contributed by atoms with Crippen molar-refractivity contribution in [2.45, 2.75) is 16.6 Å². The Morgan fingerprint density at radius 2 is 2.00 bits per heavy atom. The van der Waals surface area contributed by atoms with E-state index in [1.54, 1.807) is 11.8 Å². The average Bonchev–Trinajstić information content (AvgIpc) is 2.84. The summed E-state index contributed by atoms with van der Waals surface area (Å²) in [6, 6.07) is 10.1. The minimum atomic E-state index is -0.663. The second-order valence-corrected chi connectivity index (χ2v) is 6.01. The quantitative estimate of drug-likeness (QED) is 0.877. The molecule has 2 aromatic carbocycles. The fraction of sp³-hybridized carbons (Fsp3) is 0.200. The molecule has 5 heteroatoms. The van der Waals surface area contributed by atoms with Gasteiger partial charge in [0.2, 0.25) is 0 Å². The first-order chi connectivity index (χ1) is 9.63. The second-order valence-electron chi connectivity index (χ2n) is 4.67. The summed E-state index contributed by atoms with van der Waals surface area (Å²) in [5, 5.41) is 0.215. The van der Waals surface area contributed by atoms with Crippen molar-refractivity contribution in [2.24, 2.45) is 0 Å². The lowest BCUT2D eigenvalue weighted by Crippen LogP contribution is -2.14. The molecule has 1 unspecified atom stereocenters. The van der Waals surface area contributed by atoms with Gasteiger partial charge in [0.25, 0.3) is 0 Å². The van der Waals surface area contributed by atoms with Gasteiger partial charge < -0.3 is 10.5 Å². The highest BCUT2D eigenvalue weighted by Gasteiger charge is 2.22. The SMILES string of the molecule is Nc1cc(F)c(OCC2Cc3ccccc3S2)cc1F. The van der Waals surface area contributed by atoms with E-state index in [4.69, 9.17) is 10.5 Å². The van der Waals surface area contributed by atoms with Crippen LogP contribution in [0, 0.1) is 11.6 Å². The number of hydrogen-bond donors (Lipinski definition) is 1. The molecule has 104 valence electrons. The van der Waals surface area contributed by atoms with Crippen LogP contribution < -0.4 is 10.5 Å². The summed E-state index contributed by atoms with van der Waals surface area (Å²) in [6.07, 6.45) is 0.875. The lowest BCUT2D eigenvalue weighted by molar-refractivity contribution is 0.300. The first-order valence-electron chi connectivity index (χ1n) is 6.25. The average molecular weight is 293 g/mol. The summed E-state index contributed by atoms with van der Waals surface area (Å²) in [5.41, 5.74) is 6.35. The minimum absolute atomic E-state index is 0.0896. The van der Waals surface area contributed by atoms with Gasteiger partial charge in [-0.3, -0.25) is 0 Å². The summed E-state index contributed by atoms with van der Waals surface area (Å²) in [4.78, 5) is 1.23. The Morgan fingerprint density at radius 3 is 2.80 bits per heavy atom. The van der Waals surface area contributed by atoms with E-state index in [1.807, 2.05) is 12.1 Å². The van der Waals surface area contributed by atoms with Crippen LogP contribution >= 0.6 is 11.8 Å². The van der Waals surface area contributed by atoms with Crippen molar-refractivity contribution in [3.63, 3.8) is 0 Å². The van der Waals surface area contributed by atoms with E-state index >= 15 is 0 Å². The zero-order valence-electron chi connectivity index (χ0n) is 10.6. The van der Waals surface area contributed by atoms with E-state index in [0.29, 0.717) is 6.61 Å². The van der Waals surface area contributed by atoms with Crippen molar-refractivity contribution in [3.8, 4) is 5.75 Å². The number of rotatable bonds is 3. The third-order valence-corrected chi connectivity index (χ3v) is 4.48. The monoisotopic (exact) mass is 293 g/mol. The Hall–Kier alpha value is -1.75. The molecule has 3 rings (SSSR count).